The van der Waals surface area contributed by atoms with Gasteiger partial charge in [-0.05, 0) is 62.8 Å². The Morgan fingerprint density at radius 3 is 2.42 bits per heavy atom. The Hall–Kier alpha value is -1.35. The van der Waals surface area contributed by atoms with Crippen molar-refractivity contribution in [2.45, 2.75) is 32.6 Å². The molecule has 1 aliphatic rings. The zero-order chi connectivity index (χ0) is 13.7. The first-order chi connectivity index (χ1) is 9.20. The first-order valence-electron chi connectivity index (χ1n) is 7.17. The van der Waals surface area contributed by atoms with Crippen molar-refractivity contribution in [1.29, 1.82) is 0 Å². The van der Waals surface area contributed by atoms with E-state index in [9.17, 15) is 4.79 Å². The molecule has 1 aliphatic heterocycles. The summed E-state index contributed by atoms with van der Waals surface area (Å²) < 4.78 is 0. The second kappa shape index (κ2) is 6.71. The van der Waals surface area contributed by atoms with Gasteiger partial charge in [-0.15, -0.1) is 0 Å². The van der Waals surface area contributed by atoms with Crippen LogP contribution in [0.1, 0.15) is 43.0 Å². The zero-order valence-corrected chi connectivity index (χ0v) is 11.6. The summed E-state index contributed by atoms with van der Waals surface area (Å²) in [5, 5.41) is 8.86. The summed E-state index contributed by atoms with van der Waals surface area (Å²) >= 11 is 0. The van der Waals surface area contributed by atoms with Crippen LogP contribution >= 0.6 is 0 Å². The number of aliphatic hydroxyl groups excluding tert-OH is 1. The van der Waals surface area contributed by atoms with Gasteiger partial charge in [-0.2, -0.15) is 0 Å². The van der Waals surface area contributed by atoms with E-state index in [2.05, 4.69) is 4.90 Å². The molecule has 3 nitrogen and oxygen atoms in total. The number of hydrogen-bond donors (Lipinski definition) is 1. The molecule has 1 saturated heterocycles. The summed E-state index contributed by atoms with van der Waals surface area (Å²) in [5.74, 6) is 0.883. The number of carbonyl (C=O) groups is 1. The third kappa shape index (κ3) is 3.80. The molecule has 0 radical (unpaired) electrons. The van der Waals surface area contributed by atoms with Gasteiger partial charge < -0.3 is 10.0 Å². The summed E-state index contributed by atoms with van der Waals surface area (Å²) in [6, 6.07) is 7.92. The monoisotopic (exact) mass is 261 g/mol. The topological polar surface area (TPSA) is 40.5 Å². The third-order valence-corrected chi connectivity index (χ3v) is 4.02. The van der Waals surface area contributed by atoms with Crippen LogP contribution in [0.4, 0.5) is 5.69 Å². The molecule has 3 heteroatoms. The number of benzene rings is 1. The van der Waals surface area contributed by atoms with Crippen molar-refractivity contribution in [2.24, 2.45) is 5.92 Å². The Morgan fingerprint density at radius 2 is 1.89 bits per heavy atom. The van der Waals surface area contributed by atoms with E-state index < -0.39 is 0 Å². The first kappa shape index (κ1) is 14.1. The lowest BCUT2D eigenvalue weighted by molar-refractivity contribution is 0.101. The van der Waals surface area contributed by atoms with E-state index in [1.165, 1.54) is 18.5 Å². The summed E-state index contributed by atoms with van der Waals surface area (Å²) in [4.78, 5) is 13.6. The molecule has 1 heterocycles. The van der Waals surface area contributed by atoms with E-state index in [0.717, 1.165) is 37.4 Å². The fourth-order valence-electron chi connectivity index (χ4n) is 2.77. The average molecular weight is 261 g/mol. The molecular formula is C16H23NO2. The molecule has 1 fully saturated rings. The maximum absolute atomic E-state index is 11.2. The lowest BCUT2D eigenvalue weighted by Gasteiger charge is -2.33. The van der Waals surface area contributed by atoms with Gasteiger partial charge in [-0.3, -0.25) is 4.79 Å². The average Bonchev–Trinajstić information content (AvgIpc) is 2.46. The maximum atomic E-state index is 11.2. The molecule has 0 unspecified atom stereocenters. The van der Waals surface area contributed by atoms with Crippen molar-refractivity contribution < 1.29 is 9.90 Å². The molecule has 0 bridgehead atoms. The second-order valence-corrected chi connectivity index (χ2v) is 5.40. The minimum atomic E-state index is 0.120. The van der Waals surface area contributed by atoms with E-state index in [1.807, 2.05) is 24.3 Å². The van der Waals surface area contributed by atoms with Crippen LogP contribution in [0.25, 0.3) is 0 Å². The SMILES string of the molecule is CC(=O)c1ccc(N2CCC(CCCO)CC2)cc1. The molecule has 0 aliphatic carbocycles. The quantitative estimate of drug-likeness (QED) is 0.829. The highest BCUT2D eigenvalue weighted by atomic mass is 16.2. The number of ketones is 1. The lowest BCUT2D eigenvalue weighted by atomic mass is 9.92. The maximum Gasteiger partial charge on any atom is 0.159 e. The number of anilines is 1. The van der Waals surface area contributed by atoms with Crippen LogP contribution in [-0.2, 0) is 0 Å². The van der Waals surface area contributed by atoms with Crippen LogP contribution < -0.4 is 4.90 Å². The number of nitrogens with zero attached hydrogens (tertiary/aromatic N) is 1. The van der Waals surface area contributed by atoms with Gasteiger partial charge in [0.1, 0.15) is 0 Å². The Bertz CT molecular complexity index is 405. The minimum absolute atomic E-state index is 0.120. The van der Waals surface area contributed by atoms with Gasteiger partial charge >= 0.3 is 0 Å². The highest BCUT2D eigenvalue weighted by Gasteiger charge is 2.19. The molecule has 0 atom stereocenters. The number of aliphatic hydroxyl groups is 1. The molecule has 104 valence electrons. The molecule has 0 aromatic heterocycles. The van der Waals surface area contributed by atoms with E-state index in [0.29, 0.717) is 6.61 Å². The largest absolute Gasteiger partial charge is 0.396 e. The van der Waals surface area contributed by atoms with Gasteiger partial charge in [0.05, 0.1) is 0 Å². The standard InChI is InChI=1S/C16H23NO2/c1-13(19)15-4-6-16(7-5-15)17-10-8-14(9-11-17)3-2-12-18/h4-7,14,18H,2-3,8-12H2,1H3. The van der Waals surface area contributed by atoms with Crippen molar-refractivity contribution >= 4 is 11.5 Å². The Balaban J connectivity index is 1.88. The molecule has 1 aromatic rings. The molecule has 2 rings (SSSR count). The van der Waals surface area contributed by atoms with E-state index >= 15 is 0 Å². The lowest BCUT2D eigenvalue weighted by Crippen LogP contribution is -2.33. The van der Waals surface area contributed by atoms with Crippen LogP contribution in [0.3, 0.4) is 0 Å². The second-order valence-electron chi connectivity index (χ2n) is 5.40. The third-order valence-electron chi connectivity index (χ3n) is 4.02. The predicted molar refractivity (Wildman–Crippen MR) is 77.7 cm³/mol. The minimum Gasteiger partial charge on any atom is -0.396 e. The van der Waals surface area contributed by atoms with Gasteiger partial charge in [0, 0.05) is 30.9 Å². The Labute approximate surface area is 115 Å². The fourth-order valence-corrected chi connectivity index (χ4v) is 2.77. The van der Waals surface area contributed by atoms with Gasteiger partial charge in [-0.1, -0.05) is 0 Å². The van der Waals surface area contributed by atoms with Crippen LogP contribution in [0.2, 0.25) is 0 Å². The molecule has 0 spiro atoms. The van der Waals surface area contributed by atoms with Gasteiger partial charge in [0.2, 0.25) is 0 Å². The molecule has 0 saturated carbocycles. The Kier molecular flexibility index (Phi) is 4.97. The van der Waals surface area contributed by atoms with Crippen molar-refractivity contribution in [2.75, 3.05) is 24.6 Å². The van der Waals surface area contributed by atoms with E-state index in [4.69, 9.17) is 5.11 Å². The van der Waals surface area contributed by atoms with Crippen molar-refractivity contribution in [3.63, 3.8) is 0 Å². The summed E-state index contributed by atoms with van der Waals surface area (Å²) in [7, 11) is 0. The number of Topliss-reactive ketones (excluding diaryl/α,β-unsaturated/α-hetero) is 1. The molecule has 1 aromatic carbocycles. The van der Waals surface area contributed by atoms with Crippen LogP contribution in [0, 0.1) is 5.92 Å². The van der Waals surface area contributed by atoms with Gasteiger partial charge in [-0.25, -0.2) is 0 Å². The first-order valence-corrected chi connectivity index (χ1v) is 7.17. The number of hydrogen-bond acceptors (Lipinski definition) is 3. The summed E-state index contributed by atoms with van der Waals surface area (Å²) in [6.45, 7) is 4.07. The van der Waals surface area contributed by atoms with Crippen LogP contribution in [0.5, 0.6) is 0 Å². The summed E-state index contributed by atoms with van der Waals surface area (Å²) in [6.07, 6.45) is 4.48. The number of carbonyl (C=O) groups excluding carboxylic acids is 1. The molecular weight excluding hydrogens is 238 g/mol. The number of rotatable bonds is 5. The van der Waals surface area contributed by atoms with E-state index in [-0.39, 0.29) is 5.78 Å². The van der Waals surface area contributed by atoms with Crippen molar-refractivity contribution in [3.8, 4) is 0 Å². The highest BCUT2D eigenvalue weighted by Crippen LogP contribution is 2.26. The van der Waals surface area contributed by atoms with E-state index in [1.54, 1.807) is 6.92 Å². The normalized spacial score (nSPS) is 16.6. The number of piperidine rings is 1. The summed E-state index contributed by atoms with van der Waals surface area (Å²) in [5.41, 5.74) is 1.99. The molecule has 1 N–H and O–H groups in total. The zero-order valence-electron chi connectivity index (χ0n) is 11.6. The molecule has 0 amide bonds. The fraction of sp³-hybridized carbons (Fsp3) is 0.562. The van der Waals surface area contributed by atoms with Gasteiger partial charge in [0.25, 0.3) is 0 Å². The highest BCUT2D eigenvalue weighted by molar-refractivity contribution is 5.94. The Morgan fingerprint density at radius 1 is 1.26 bits per heavy atom. The predicted octanol–water partition coefficient (Wildman–Crippen LogP) is 2.88. The smallest absolute Gasteiger partial charge is 0.159 e. The van der Waals surface area contributed by atoms with Crippen LogP contribution in [-0.4, -0.2) is 30.6 Å². The van der Waals surface area contributed by atoms with Crippen LogP contribution in [0.15, 0.2) is 24.3 Å². The van der Waals surface area contributed by atoms with Crippen molar-refractivity contribution in [1.82, 2.24) is 0 Å². The van der Waals surface area contributed by atoms with Gasteiger partial charge in [0.15, 0.2) is 5.78 Å². The molecule has 19 heavy (non-hydrogen) atoms. The van der Waals surface area contributed by atoms with Crippen molar-refractivity contribution in [3.05, 3.63) is 29.8 Å².